The topological polar surface area (TPSA) is 41.5 Å². The molecule has 1 aromatic rings. The van der Waals surface area contributed by atoms with Crippen LogP contribution in [0, 0.1) is 0 Å². The lowest BCUT2D eigenvalue weighted by atomic mass is 10.0. The Bertz CT molecular complexity index is 400. The van der Waals surface area contributed by atoms with Gasteiger partial charge < -0.3 is 15.2 Å². The molecule has 0 spiro atoms. The van der Waals surface area contributed by atoms with E-state index < -0.39 is 23.6 Å². The number of halogens is 3. The highest BCUT2D eigenvalue weighted by atomic mass is 19.4. The second-order valence-electron chi connectivity index (χ2n) is 3.83. The maximum Gasteiger partial charge on any atom is 0.416 e. The van der Waals surface area contributed by atoms with Gasteiger partial charge in [-0.15, -0.1) is 0 Å². The number of phenols is 1. The molecule has 1 heterocycles. The molecule has 3 nitrogen and oxygen atoms in total. The van der Waals surface area contributed by atoms with Gasteiger partial charge in [0.2, 0.25) is 0 Å². The smallest absolute Gasteiger partial charge is 0.416 e. The van der Waals surface area contributed by atoms with Crippen molar-refractivity contribution in [2.75, 3.05) is 19.7 Å². The molecule has 94 valence electrons. The quantitative estimate of drug-likeness (QED) is 0.798. The van der Waals surface area contributed by atoms with Crippen LogP contribution in [0.25, 0.3) is 0 Å². The Labute approximate surface area is 96.2 Å². The first-order valence-corrected chi connectivity index (χ1v) is 5.21. The van der Waals surface area contributed by atoms with Crippen LogP contribution >= 0.6 is 0 Å². The zero-order valence-corrected chi connectivity index (χ0v) is 8.92. The molecule has 0 aliphatic carbocycles. The fraction of sp³-hybridized carbons (Fsp3) is 0.455. The summed E-state index contributed by atoms with van der Waals surface area (Å²) in [5.41, 5.74) is -0.784. The van der Waals surface area contributed by atoms with E-state index in [4.69, 9.17) is 9.84 Å². The molecular weight excluding hydrogens is 235 g/mol. The first kappa shape index (κ1) is 12.2. The average Bonchev–Trinajstić information content (AvgIpc) is 2.29. The third-order valence-corrected chi connectivity index (χ3v) is 2.62. The van der Waals surface area contributed by atoms with E-state index in [0.717, 1.165) is 6.07 Å². The van der Waals surface area contributed by atoms with Crippen molar-refractivity contribution in [3.8, 4) is 5.75 Å². The summed E-state index contributed by atoms with van der Waals surface area (Å²) in [4.78, 5) is 0. The van der Waals surface area contributed by atoms with Crippen molar-refractivity contribution < 1.29 is 23.0 Å². The molecule has 0 saturated carbocycles. The summed E-state index contributed by atoms with van der Waals surface area (Å²) in [6.07, 6.45) is -5.12. The predicted octanol–water partition coefficient (Wildman–Crippen LogP) is 2.07. The highest BCUT2D eigenvalue weighted by Crippen LogP contribution is 2.37. The van der Waals surface area contributed by atoms with Crippen LogP contribution in [-0.2, 0) is 10.9 Å². The van der Waals surface area contributed by atoms with Gasteiger partial charge in [-0.2, -0.15) is 13.2 Å². The first-order valence-electron chi connectivity index (χ1n) is 5.21. The minimum atomic E-state index is -4.49. The Morgan fingerprint density at radius 1 is 1.35 bits per heavy atom. The fourth-order valence-corrected chi connectivity index (χ4v) is 1.84. The summed E-state index contributed by atoms with van der Waals surface area (Å²) in [6.45, 7) is 1.35. The Hall–Kier alpha value is -1.27. The minimum absolute atomic E-state index is 0.0579. The largest absolute Gasteiger partial charge is 0.508 e. The monoisotopic (exact) mass is 247 g/mol. The van der Waals surface area contributed by atoms with Gasteiger partial charge in [0.05, 0.1) is 18.3 Å². The predicted molar refractivity (Wildman–Crippen MR) is 54.7 cm³/mol. The third-order valence-electron chi connectivity index (χ3n) is 2.62. The second-order valence-corrected chi connectivity index (χ2v) is 3.83. The lowest BCUT2D eigenvalue weighted by Gasteiger charge is -2.26. The van der Waals surface area contributed by atoms with Crippen molar-refractivity contribution in [2.24, 2.45) is 0 Å². The van der Waals surface area contributed by atoms with Crippen molar-refractivity contribution in [1.29, 1.82) is 0 Å². The minimum Gasteiger partial charge on any atom is -0.508 e. The maximum absolute atomic E-state index is 12.8. The fourth-order valence-electron chi connectivity index (χ4n) is 1.84. The number of hydrogen-bond donors (Lipinski definition) is 2. The molecule has 0 aromatic heterocycles. The van der Waals surface area contributed by atoms with Gasteiger partial charge in [0.25, 0.3) is 0 Å². The van der Waals surface area contributed by atoms with E-state index in [1.54, 1.807) is 0 Å². The second kappa shape index (κ2) is 4.54. The Morgan fingerprint density at radius 2 is 2.12 bits per heavy atom. The lowest BCUT2D eigenvalue weighted by molar-refractivity contribution is -0.139. The van der Waals surface area contributed by atoms with Crippen molar-refractivity contribution in [1.82, 2.24) is 5.32 Å². The number of morpholine rings is 1. The molecular formula is C11H12F3NO2. The number of aromatic hydroxyl groups is 1. The number of alkyl halides is 3. The summed E-state index contributed by atoms with van der Waals surface area (Å²) in [5, 5.41) is 12.1. The molecule has 1 atom stereocenters. The van der Waals surface area contributed by atoms with Gasteiger partial charge in [-0.1, -0.05) is 6.07 Å². The van der Waals surface area contributed by atoms with Crippen LogP contribution in [0.4, 0.5) is 13.2 Å². The summed E-state index contributed by atoms with van der Waals surface area (Å²) in [6, 6.07) is 3.23. The zero-order chi connectivity index (χ0) is 12.5. The van der Waals surface area contributed by atoms with Crippen LogP contribution in [0.2, 0.25) is 0 Å². The Kier molecular flexibility index (Phi) is 3.26. The number of ether oxygens (including phenoxy) is 1. The summed E-state index contributed by atoms with van der Waals surface area (Å²) in [7, 11) is 0. The molecule has 0 bridgehead atoms. The van der Waals surface area contributed by atoms with Crippen LogP contribution in [0.5, 0.6) is 5.75 Å². The van der Waals surface area contributed by atoms with Crippen LogP contribution < -0.4 is 5.32 Å². The van der Waals surface area contributed by atoms with Crippen molar-refractivity contribution in [3.05, 3.63) is 29.3 Å². The zero-order valence-electron chi connectivity index (χ0n) is 8.92. The Balaban J connectivity index is 2.38. The van der Waals surface area contributed by atoms with Crippen LogP contribution in [-0.4, -0.2) is 24.8 Å². The highest BCUT2D eigenvalue weighted by molar-refractivity contribution is 5.38. The van der Waals surface area contributed by atoms with E-state index in [1.807, 2.05) is 0 Å². The van der Waals surface area contributed by atoms with Crippen molar-refractivity contribution in [3.63, 3.8) is 0 Å². The first-order chi connectivity index (χ1) is 7.98. The van der Waals surface area contributed by atoms with Gasteiger partial charge in [0.15, 0.2) is 0 Å². The normalized spacial score (nSPS) is 21.5. The maximum atomic E-state index is 12.8. The molecule has 1 aromatic carbocycles. The number of hydrogen-bond acceptors (Lipinski definition) is 3. The molecule has 1 aliphatic rings. The van der Waals surface area contributed by atoms with Crippen molar-refractivity contribution >= 4 is 0 Å². The van der Waals surface area contributed by atoms with Crippen LogP contribution in [0.1, 0.15) is 17.2 Å². The van der Waals surface area contributed by atoms with E-state index in [2.05, 4.69) is 5.32 Å². The number of rotatable bonds is 1. The molecule has 6 heteroatoms. The summed E-state index contributed by atoms with van der Waals surface area (Å²) < 4.78 is 43.7. The molecule has 1 saturated heterocycles. The number of phenolic OH excluding ortho intramolecular Hbond substituents is 1. The van der Waals surface area contributed by atoms with Gasteiger partial charge in [0, 0.05) is 13.1 Å². The van der Waals surface area contributed by atoms with Gasteiger partial charge in [-0.05, 0) is 17.7 Å². The number of benzene rings is 1. The molecule has 2 N–H and O–H groups in total. The highest BCUT2D eigenvalue weighted by Gasteiger charge is 2.36. The molecule has 1 aliphatic heterocycles. The average molecular weight is 247 g/mol. The van der Waals surface area contributed by atoms with Crippen molar-refractivity contribution in [2.45, 2.75) is 12.3 Å². The van der Waals surface area contributed by atoms with E-state index in [9.17, 15) is 13.2 Å². The van der Waals surface area contributed by atoms with E-state index in [-0.39, 0.29) is 5.56 Å². The summed E-state index contributed by atoms with van der Waals surface area (Å²) >= 11 is 0. The molecule has 1 unspecified atom stereocenters. The molecule has 17 heavy (non-hydrogen) atoms. The number of nitrogens with one attached hydrogen (secondary N) is 1. The lowest BCUT2D eigenvalue weighted by Crippen LogP contribution is -2.34. The van der Waals surface area contributed by atoms with E-state index in [1.165, 1.54) is 12.1 Å². The SMILES string of the molecule is Oc1ccc(C2CNCCO2)c(C(F)(F)F)c1. The van der Waals surface area contributed by atoms with Gasteiger partial charge in [-0.25, -0.2) is 0 Å². The summed E-state index contributed by atoms with van der Waals surface area (Å²) in [5.74, 6) is -0.398. The van der Waals surface area contributed by atoms with Gasteiger partial charge >= 0.3 is 6.18 Å². The standard InChI is InChI=1S/C11H12F3NO2/c12-11(13,14)9-5-7(16)1-2-8(9)10-6-15-3-4-17-10/h1-2,5,10,15-16H,3-4,6H2. The van der Waals surface area contributed by atoms with Gasteiger partial charge in [0.1, 0.15) is 5.75 Å². The van der Waals surface area contributed by atoms with E-state index >= 15 is 0 Å². The Morgan fingerprint density at radius 3 is 2.71 bits per heavy atom. The molecule has 1 fully saturated rings. The van der Waals surface area contributed by atoms with Crippen LogP contribution in [0.15, 0.2) is 18.2 Å². The third kappa shape index (κ3) is 2.70. The van der Waals surface area contributed by atoms with Gasteiger partial charge in [-0.3, -0.25) is 0 Å². The van der Waals surface area contributed by atoms with Crippen LogP contribution in [0.3, 0.4) is 0 Å². The molecule has 0 radical (unpaired) electrons. The van der Waals surface area contributed by atoms with E-state index in [0.29, 0.717) is 19.7 Å². The molecule has 0 amide bonds. The molecule has 2 rings (SSSR count).